The van der Waals surface area contributed by atoms with Crippen LogP contribution in [-0.4, -0.2) is 27.7 Å². The number of rotatable bonds is 2. The molecule has 4 saturated carbocycles. The van der Waals surface area contributed by atoms with E-state index in [1.165, 1.54) is 25.7 Å². The Morgan fingerprint density at radius 3 is 2.44 bits per heavy atom. The summed E-state index contributed by atoms with van der Waals surface area (Å²) in [6, 6.07) is 0. The minimum Gasteiger partial charge on any atom is -0.392 e. The molecule has 0 aromatic carbocycles. The molecule has 5 unspecified atom stereocenters. The van der Waals surface area contributed by atoms with Crippen LogP contribution in [0.15, 0.2) is 0 Å². The van der Waals surface area contributed by atoms with E-state index >= 15 is 0 Å². The van der Waals surface area contributed by atoms with Gasteiger partial charge in [0, 0.05) is 18.9 Å². The van der Waals surface area contributed by atoms with Crippen molar-refractivity contribution in [1.82, 2.24) is 0 Å². The normalized spacial score (nSPS) is 58.3. The first-order valence-corrected chi connectivity index (χ1v) is 11.6. The lowest BCUT2D eigenvalue weighted by Gasteiger charge is -2.65. The number of hydrogen-bond donors (Lipinski definition) is 1. The zero-order valence-electron chi connectivity index (χ0n) is 15.4. The van der Waals surface area contributed by atoms with E-state index < -0.39 is 0 Å². The first-order chi connectivity index (χ1) is 11.8. The zero-order chi connectivity index (χ0) is 18.0. The molecule has 0 amide bonds. The van der Waals surface area contributed by atoms with Crippen molar-refractivity contribution >= 4 is 34.9 Å². The van der Waals surface area contributed by atoms with Crippen LogP contribution in [0.25, 0.3) is 0 Å². The lowest BCUT2D eigenvalue weighted by Crippen LogP contribution is -2.65. The molecule has 3 nitrogen and oxygen atoms in total. The van der Waals surface area contributed by atoms with Gasteiger partial charge >= 0.3 is 0 Å². The Balaban J connectivity index is 1.67. The highest BCUT2D eigenvalue weighted by Crippen LogP contribution is 2.69. The third kappa shape index (κ3) is 2.61. The maximum atomic E-state index is 11.3. The van der Waals surface area contributed by atoms with Crippen molar-refractivity contribution in [1.29, 1.82) is 0 Å². The van der Waals surface area contributed by atoms with Gasteiger partial charge in [-0.1, -0.05) is 29.8 Å². The van der Waals surface area contributed by atoms with Gasteiger partial charge in [-0.05, 0) is 80.0 Å². The van der Waals surface area contributed by atoms with E-state index in [0.717, 1.165) is 25.7 Å². The van der Waals surface area contributed by atoms with Gasteiger partial charge in [-0.25, -0.2) is 0 Å². The smallest absolute Gasteiger partial charge is 0.0702 e. The van der Waals surface area contributed by atoms with Crippen LogP contribution in [0.5, 0.6) is 0 Å². The second kappa shape index (κ2) is 6.64. The molecule has 0 radical (unpaired) electrons. The molecule has 4 rings (SSSR count). The summed E-state index contributed by atoms with van der Waals surface area (Å²) >= 11 is 4.08. The molecule has 1 N–H and O–H groups in total. The lowest BCUT2D eigenvalue weighted by molar-refractivity contribution is -0.152. The van der Waals surface area contributed by atoms with Crippen LogP contribution in [0.3, 0.4) is 0 Å². The predicted molar refractivity (Wildman–Crippen MR) is 110 cm³/mol. The number of halogens is 1. The monoisotopic (exact) mass is 450 g/mol. The quantitative estimate of drug-likeness (QED) is 0.481. The Hall–Kier alpha value is 1.22. The van der Waals surface area contributed by atoms with Crippen LogP contribution in [-0.2, 0) is 9.05 Å². The fourth-order valence-electron chi connectivity index (χ4n) is 7.49. The van der Waals surface area contributed by atoms with Crippen LogP contribution in [0.4, 0.5) is 0 Å². The van der Waals surface area contributed by atoms with Crippen LogP contribution in [0.1, 0.15) is 65.2 Å². The highest BCUT2D eigenvalue weighted by molar-refractivity contribution is 9.10. The third-order valence-electron chi connectivity index (χ3n) is 9.01. The Labute approximate surface area is 165 Å². The molecule has 0 aromatic heterocycles. The largest absolute Gasteiger partial charge is 0.392 e. The van der Waals surface area contributed by atoms with E-state index in [1.54, 1.807) is 0 Å². The Morgan fingerprint density at radius 1 is 1.00 bits per heavy atom. The molecule has 0 heterocycles. The summed E-state index contributed by atoms with van der Waals surface area (Å²) in [4.78, 5) is 0. The van der Waals surface area contributed by atoms with Gasteiger partial charge in [0.2, 0.25) is 0 Å². The summed E-state index contributed by atoms with van der Waals surface area (Å²) in [5.74, 6) is 2.01. The SMILES string of the molecule is C[C@]12CCC3C(C[C@@H](O)[C@@]4(Br)C[C@@H](OP)CC[C@]34C)C1CC[C@@H]2OP. The van der Waals surface area contributed by atoms with E-state index in [-0.39, 0.29) is 27.4 Å². The van der Waals surface area contributed by atoms with Crippen LogP contribution in [0.2, 0.25) is 0 Å². The summed E-state index contributed by atoms with van der Waals surface area (Å²) in [7, 11) is 4.94. The van der Waals surface area contributed by atoms with Crippen molar-refractivity contribution in [2.45, 2.75) is 87.9 Å². The number of fused-ring (bicyclic) bond motifs is 5. The summed E-state index contributed by atoms with van der Waals surface area (Å²) in [5, 5.41) is 11.3. The number of aliphatic hydroxyl groups excluding tert-OH is 1. The van der Waals surface area contributed by atoms with Crippen LogP contribution in [0, 0.1) is 28.6 Å². The van der Waals surface area contributed by atoms with E-state index in [1.807, 2.05) is 0 Å². The van der Waals surface area contributed by atoms with Crippen molar-refractivity contribution in [2.24, 2.45) is 28.6 Å². The van der Waals surface area contributed by atoms with Crippen molar-refractivity contribution < 1.29 is 14.2 Å². The second-order valence-corrected chi connectivity index (χ2v) is 11.6. The van der Waals surface area contributed by atoms with Gasteiger partial charge in [-0.2, -0.15) is 0 Å². The molecule has 4 fully saturated rings. The number of hydrogen-bond acceptors (Lipinski definition) is 3. The van der Waals surface area contributed by atoms with E-state index in [2.05, 4.69) is 48.7 Å². The average Bonchev–Trinajstić information content (AvgIpc) is 2.93. The van der Waals surface area contributed by atoms with Gasteiger partial charge in [-0.3, -0.25) is 0 Å². The van der Waals surface area contributed by atoms with Crippen molar-refractivity contribution in [3.8, 4) is 0 Å². The van der Waals surface area contributed by atoms with Crippen molar-refractivity contribution in [3.63, 3.8) is 0 Å². The summed E-state index contributed by atoms with van der Waals surface area (Å²) in [6.45, 7) is 4.89. The van der Waals surface area contributed by atoms with Crippen molar-refractivity contribution in [3.05, 3.63) is 0 Å². The molecular formula is C19H33BrO3P2. The molecule has 0 bridgehead atoms. The molecule has 0 spiro atoms. The Morgan fingerprint density at radius 2 is 1.76 bits per heavy atom. The lowest BCUT2D eigenvalue weighted by atomic mass is 9.44. The van der Waals surface area contributed by atoms with Gasteiger partial charge in [0.25, 0.3) is 0 Å². The highest BCUT2D eigenvalue weighted by atomic mass is 79.9. The maximum absolute atomic E-state index is 11.3. The minimum atomic E-state index is -0.292. The average molecular weight is 451 g/mol. The molecule has 6 heteroatoms. The molecule has 0 saturated heterocycles. The third-order valence-corrected chi connectivity index (χ3v) is 11.5. The summed E-state index contributed by atoms with van der Waals surface area (Å²) in [5.41, 5.74) is 0.432. The molecule has 4 aliphatic rings. The fraction of sp³-hybridized carbons (Fsp3) is 1.00. The Bertz CT molecular complexity index is 537. The minimum absolute atomic E-state index is 0.149. The molecular weight excluding hydrogens is 418 g/mol. The predicted octanol–water partition coefficient (Wildman–Crippen LogP) is 4.87. The first-order valence-electron chi connectivity index (χ1n) is 9.88. The fourth-order valence-corrected chi connectivity index (χ4v) is 9.21. The maximum Gasteiger partial charge on any atom is 0.0702 e. The molecule has 11 atom stereocenters. The molecule has 25 heavy (non-hydrogen) atoms. The number of aliphatic hydroxyl groups is 1. The number of alkyl halides is 1. The first kappa shape index (κ1) is 19.5. The standard InChI is InChI=1S/C19H33BrO3P2/c1-17-7-6-14-12(13(17)3-4-16(17)23-25)9-15(21)19(20)10-11(22-24)5-8-18(14,19)2/h11-16,21H,3-10,24-25H2,1-2H3/t11-,12?,13?,14?,15+,16-,17-,18+,19-/m0/s1. The van der Waals surface area contributed by atoms with E-state index in [9.17, 15) is 5.11 Å². The van der Waals surface area contributed by atoms with Gasteiger partial charge in [0.05, 0.1) is 22.6 Å². The van der Waals surface area contributed by atoms with Gasteiger partial charge in [-0.15, -0.1) is 0 Å². The Kier molecular flexibility index (Phi) is 5.18. The molecule has 144 valence electrons. The topological polar surface area (TPSA) is 38.7 Å². The summed E-state index contributed by atoms with van der Waals surface area (Å²) < 4.78 is 11.2. The summed E-state index contributed by atoms with van der Waals surface area (Å²) in [6.07, 6.45) is 9.35. The van der Waals surface area contributed by atoms with Gasteiger partial charge < -0.3 is 14.2 Å². The van der Waals surface area contributed by atoms with Crippen LogP contribution >= 0.6 is 34.9 Å². The molecule has 0 aliphatic heterocycles. The zero-order valence-corrected chi connectivity index (χ0v) is 19.3. The van der Waals surface area contributed by atoms with Crippen molar-refractivity contribution in [2.75, 3.05) is 0 Å². The van der Waals surface area contributed by atoms with E-state index in [4.69, 9.17) is 9.05 Å². The van der Waals surface area contributed by atoms with Crippen LogP contribution < -0.4 is 0 Å². The second-order valence-electron chi connectivity index (χ2n) is 9.66. The van der Waals surface area contributed by atoms with Gasteiger partial charge in [0.1, 0.15) is 0 Å². The highest BCUT2D eigenvalue weighted by Gasteiger charge is 2.67. The van der Waals surface area contributed by atoms with E-state index in [0.29, 0.717) is 23.9 Å². The molecule has 0 aromatic rings. The molecule has 4 aliphatic carbocycles. The van der Waals surface area contributed by atoms with Gasteiger partial charge in [0.15, 0.2) is 0 Å².